The van der Waals surface area contributed by atoms with Crippen molar-refractivity contribution in [2.75, 3.05) is 0 Å². The minimum atomic E-state index is -4.80. The second-order valence-corrected chi connectivity index (χ2v) is 17.6. The third-order valence-corrected chi connectivity index (χ3v) is 14.0. The Morgan fingerprint density at radius 3 is 2.08 bits per heavy atom. The maximum absolute atomic E-state index is 14.7. The fraction of sp³-hybridized carbons (Fsp3) is 0.889. The van der Waals surface area contributed by atoms with E-state index in [0.717, 1.165) is 19.8 Å². The van der Waals surface area contributed by atoms with Gasteiger partial charge in [0, 0.05) is 11.8 Å². The monoisotopic (exact) mass is 684 g/mol. The quantitative estimate of drug-likeness (QED) is 0.216. The largest absolute Gasteiger partial charge is 0.462 e. The third-order valence-electron chi connectivity index (χ3n) is 14.0. The summed E-state index contributed by atoms with van der Waals surface area (Å²) in [5.41, 5.74) is -8.74. The molecule has 0 aromatic heterocycles. The number of carbonyl (C=O) groups excluding carboxylic acids is 4. The smallest absolute Gasteiger partial charge is 0.416 e. The van der Waals surface area contributed by atoms with Gasteiger partial charge in [0.2, 0.25) is 0 Å². The van der Waals surface area contributed by atoms with Gasteiger partial charge in [-0.2, -0.15) is 13.2 Å². The van der Waals surface area contributed by atoms with Crippen molar-refractivity contribution in [2.24, 2.45) is 51.8 Å². The van der Waals surface area contributed by atoms with Gasteiger partial charge in [-0.3, -0.25) is 19.2 Å². The molecule has 6 rings (SSSR count). The molecular weight excluding hydrogens is 633 g/mol. The highest BCUT2D eigenvalue weighted by molar-refractivity contribution is 5.94. The van der Waals surface area contributed by atoms with Crippen molar-refractivity contribution >= 4 is 23.9 Å². The molecule has 1 N–H and O–H groups in total. The van der Waals surface area contributed by atoms with Gasteiger partial charge in [0.25, 0.3) is 0 Å². The van der Waals surface area contributed by atoms with E-state index in [1.807, 2.05) is 6.92 Å². The molecule has 0 spiro atoms. The van der Waals surface area contributed by atoms with Crippen molar-refractivity contribution in [2.45, 2.75) is 148 Å². The average Bonchev–Trinajstić information content (AvgIpc) is 3.81. The van der Waals surface area contributed by atoms with E-state index in [-0.39, 0.29) is 29.6 Å². The Kier molecular flexibility index (Phi) is 8.36. The van der Waals surface area contributed by atoms with Gasteiger partial charge in [0.05, 0.1) is 22.2 Å². The van der Waals surface area contributed by atoms with E-state index in [1.165, 1.54) is 6.92 Å². The Hall–Kier alpha value is -2.37. The predicted octanol–water partition coefficient (Wildman–Crippen LogP) is 6.08. The van der Waals surface area contributed by atoms with Gasteiger partial charge in [-0.15, -0.1) is 0 Å². The summed E-state index contributed by atoms with van der Waals surface area (Å²) in [4.78, 5) is 55.5. The van der Waals surface area contributed by atoms with Crippen LogP contribution in [0, 0.1) is 51.8 Å². The SMILES string of the molecule is CC1(OC(=O)C(C)(C)C(C)(C(=O)OC2CC3CC(CC(C)(O)C(F)(F)F)C2C3)C(C)(C)C(=O)OC2C3CC4C(=O)OC2C4C3)CCCC1. The lowest BCUT2D eigenvalue weighted by atomic mass is 9.53. The molecule has 270 valence electrons. The lowest BCUT2D eigenvalue weighted by Gasteiger charge is -2.50. The number of aliphatic hydroxyl groups is 1. The number of hydrogen-bond donors (Lipinski definition) is 1. The van der Waals surface area contributed by atoms with Crippen molar-refractivity contribution in [3.05, 3.63) is 0 Å². The van der Waals surface area contributed by atoms with Crippen LogP contribution in [0.4, 0.5) is 13.2 Å². The van der Waals surface area contributed by atoms with Crippen LogP contribution in [0.2, 0.25) is 0 Å². The standard InChI is InChI=1S/C36H51F3O9/c1-31(2,28(41)47-25-19-15-22-23(16-19)27(40)46-26(22)25)35(7,32(3,4)29(42)48-33(5)10-8-9-11-33)30(43)45-24-14-18-12-20(21(24)13-18)17-34(6,44)36(37,38)39/h18-26,44H,8-17H2,1-7H3. The topological polar surface area (TPSA) is 125 Å². The van der Waals surface area contributed by atoms with Gasteiger partial charge in [-0.1, -0.05) is 0 Å². The first-order chi connectivity index (χ1) is 22.0. The van der Waals surface area contributed by atoms with Crippen LogP contribution in [0.3, 0.4) is 0 Å². The fourth-order valence-corrected chi connectivity index (χ4v) is 10.3. The number of ether oxygens (including phenoxy) is 4. The molecule has 1 saturated heterocycles. The molecule has 12 heteroatoms. The number of alkyl halides is 3. The van der Waals surface area contributed by atoms with Crippen molar-refractivity contribution in [3.63, 3.8) is 0 Å². The Morgan fingerprint density at radius 2 is 1.48 bits per heavy atom. The number of hydrogen-bond acceptors (Lipinski definition) is 9. The molecule has 0 radical (unpaired) electrons. The summed E-state index contributed by atoms with van der Waals surface area (Å²) >= 11 is 0. The first-order valence-electron chi connectivity index (χ1n) is 17.7. The number of fused-ring (bicyclic) bond motifs is 3. The highest BCUT2D eigenvalue weighted by Gasteiger charge is 2.69. The van der Waals surface area contributed by atoms with E-state index in [1.54, 1.807) is 27.7 Å². The van der Waals surface area contributed by atoms with Gasteiger partial charge >= 0.3 is 30.1 Å². The van der Waals surface area contributed by atoms with E-state index in [4.69, 9.17) is 18.9 Å². The van der Waals surface area contributed by atoms with Crippen molar-refractivity contribution < 1.29 is 56.4 Å². The van der Waals surface area contributed by atoms with Crippen LogP contribution in [0.25, 0.3) is 0 Å². The number of carbonyl (C=O) groups is 4. The van der Waals surface area contributed by atoms with E-state index < -0.39 is 88.1 Å². The van der Waals surface area contributed by atoms with Crippen molar-refractivity contribution in [1.29, 1.82) is 0 Å². The minimum absolute atomic E-state index is 0.0119. The molecule has 11 unspecified atom stereocenters. The zero-order chi connectivity index (χ0) is 35.4. The molecule has 4 bridgehead atoms. The minimum Gasteiger partial charge on any atom is -0.462 e. The molecule has 1 heterocycles. The first kappa shape index (κ1) is 35.5. The van der Waals surface area contributed by atoms with Gasteiger partial charge < -0.3 is 24.1 Å². The summed E-state index contributed by atoms with van der Waals surface area (Å²) in [6.07, 6.45) is -1.35. The van der Waals surface area contributed by atoms with E-state index in [2.05, 4.69) is 0 Å². The van der Waals surface area contributed by atoms with Crippen LogP contribution in [0.1, 0.15) is 113 Å². The molecule has 6 aliphatic rings. The molecule has 48 heavy (non-hydrogen) atoms. The summed E-state index contributed by atoms with van der Waals surface area (Å²) < 4.78 is 64.8. The van der Waals surface area contributed by atoms with Crippen LogP contribution in [0.15, 0.2) is 0 Å². The molecule has 0 amide bonds. The Bertz CT molecular complexity index is 1350. The number of rotatable bonds is 10. The first-order valence-corrected chi connectivity index (χ1v) is 17.7. The van der Waals surface area contributed by atoms with Crippen LogP contribution in [-0.2, 0) is 38.1 Å². The van der Waals surface area contributed by atoms with Crippen LogP contribution in [-0.4, -0.2) is 64.7 Å². The molecule has 5 saturated carbocycles. The lowest BCUT2D eigenvalue weighted by molar-refractivity contribution is -0.260. The molecule has 9 nitrogen and oxygen atoms in total. The average molecular weight is 685 g/mol. The molecule has 11 atom stereocenters. The maximum atomic E-state index is 14.7. The van der Waals surface area contributed by atoms with Crippen molar-refractivity contribution in [3.8, 4) is 0 Å². The zero-order valence-electron chi connectivity index (χ0n) is 29.1. The molecule has 5 aliphatic carbocycles. The molecular formula is C36H51F3O9. The molecule has 0 aromatic rings. The van der Waals surface area contributed by atoms with E-state index >= 15 is 0 Å². The highest BCUT2D eigenvalue weighted by Crippen LogP contribution is 2.60. The van der Waals surface area contributed by atoms with E-state index in [0.29, 0.717) is 44.9 Å². The second kappa shape index (κ2) is 11.3. The summed E-state index contributed by atoms with van der Waals surface area (Å²) in [5, 5.41) is 10.3. The highest BCUT2D eigenvalue weighted by atomic mass is 19.4. The summed E-state index contributed by atoms with van der Waals surface area (Å²) in [6, 6.07) is 0. The summed E-state index contributed by atoms with van der Waals surface area (Å²) in [6.45, 7) is 10.4. The molecule has 0 aromatic carbocycles. The van der Waals surface area contributed by atoms with Crippen LogP contribution < -0.4 is 0 Å². The molecule has 6 fully saturated rings. The number of esters is 4. The normalized spacial score (nSPS) is 37.6. The Balaban J connectivity index is 1.27. The third kappa shape index (κ3) is 5.36. The molecule has 1 aliphatic heterocycles. The Labute approximate surface area is 280 Å². The van der Waals surface area contributed by atoms with Crippen molar-refractivity contribution in [1.82, 2.24) is 0 Å². The van der Waals surface area contributed by atoms with E-state index in [9.17, 15) is 37.5 Å². The summed E-state index contributed by atoms with van der Waals surface area (Å²) in [7, 11) is 0. The summed E-state index contributed by atoms with van der Waals surface area (Å²) in [5.74, 6) is -3.63. The Morgan fingerprint density at radius 1 is 0.854 bits per heavy atom. The lowest BCUT2D eigenvalue weighted by Crippen LogP contribution is -2.61. The second-order valence-electron chi connectivity index (χ2n) is 17.6. The van der Waals surface area contributed by atoms with Gasteiger partial charge in [-0.25, -0.2) is 0 Å². The van der Waals surface area contributed by atoms with Gasteiger partial charge in [0.15, 0.2) is 5.60 Å². The van der Waals surface area contributed by atoms with Crippen LogP contribution >= 0.6 is 0 Å². The number of halogens is 3. The zero-order valence-corrected chi connectivity index (χ0v) is 29.1. The fourth-order valence-electron chi connectivity index (χ4n) is 10.3. The van der Waals surface area contributed by atoms with Gasteiger partial charge in [0.1, 0.15) is 23.9 Å². The maximum Gasteiger partial charge on any atom is 0.416 e. The van der Waals surface area contributed by atoms with Gasteiger partial charge in [-0.05, 0) is 130 Å². The van der Waals surface area contributed by atoms with Crippen LogP contribution in [0.5, 0.6) is 0 Å². The predicted molar refractivity (Wildman–Crippen MR) is 164 cm³/mol.